The van der Waals surface area contributed by atoms with Crippen LogP contribution < -0.4 is 0 Å². The van der Waals surface area contributed by atoms with Crippen molar-refractivity contribution >= 4 is 17.9 Å². The van der Waals surface area contributed by atoms with Gasteiger partial charge in [0.1, 0.15) is 13.2 Å². The van der Waals surface area contributed by atoms with Crippen molar-refractivity contribution in [2.24, 2.45) is 0 Å². The molecule has 83 heavy (non-hydrogen) atoms. The summed E-state index contributed by atoms with van der Waals surface area (Å²) in [4.78, 5) is 38.4. The fourth-order valence-corrected chi connectivity index (χ4v) is 8.47. The Morgan fingerprint density at radius 3 is 0.795 bits per heavy atom. The van der Waals surface area contributed by atoms with E-state index in [1.165, 1.54) is 89.9 Å². The lowest BCUT2D eigenvalue weighted by Crippen LogP contribution is -2.30. The van der Waals surface area contributed by atoms with Crippen molar-refractivity contribution in [2.45, 2.75) is 271 Å². The molecule has 0 aromatic heterocycles. The number of unbranched alkanes of at least 4 members (excludes halogenated alkanes) is 17. The minimum Gasteiger partial charge on any atom is -0.462 e. The van der Waals surface area contributed by atoms with Gasteiger partial charge in [-0.2, -0.15) is 0 Å². The SMILES string of the molecule is CC/C=C\C/C=C\C/C=C\C/C=C\C/C=C\C/C=C\C/C=C\CCCC(=O)OCC(COC(=O)CCCCCCCCCCC/C=C\CCCCCCCC)OC(=O)CCC/C=C\C/C=C\C/C=C\C/C=C\C/C=C\C/C=C\C/C=C\CC. The Balaban J connectivity index is 4.63. The second-order valence-corrected chi connectivity index (χ2v) is 21.3. The van der Waals surface area contributed by atoms with Crippen LogP contribution in [0.2, 0.25) is 0 Å². The van der Waals surface area contributed by atoms with Gasteiger partial charge >= 0.3 is 17.9 Å². The van der Waals surface area contributed by atoms with Crippen LogP contribution in [0, 0.1) is 0 Å². The first-order chi connectivity index (χ1) is 41.0. The van der Waals surface area contributed by atoms with Crippen molar-refractivity contribution in [2.75, 3.05) is 13.2 Å². The van der Waals surface area contributed by atoms with Crippen LogP contribution in [-0.2, 0) is 28.6 Å². The zero-order valence-electron chi connectivity index (χ0n) is 53.1. The first-order valence-electron chi connectivity index (χ1n) is 33.3. The normalized spacial score (nSPS) is 13.3. The van der Waals surface area contributed by atoms with Gasteiger partial charge in [-0.05, 0) is 148 Å². The van der Waals surface area contributed by atoms with Crippen LogP contribution >= 0.6 is 0 Å². The third-order valence-corrected chi connectivity index (χ3v) is 13.4. The second-order valence-electron chi connectivity index (χ2n) is 21.3. The van der Waals surface area contributed by atoms with Gasteiger partial charge in [-0.15, -0.1) is 0 Å². The van der Waals surface area contributed by atoms with E-state index < -0.39 is 6.10 Å². The molecule has 0 bridgehead atoms. The standard InChI is InChI=1S/C77H120O6/c1-4-7-10-13-16-19-22-25-28-31-34-36-38-40-43-46-49-52-55-58-61-64-67-70-76(79)82-73-74(72-81-75(78)69-66-63-60-57-54-51-48-45-42-33-30-27-24-21-18-15-12-9-6-3)83-77(80)71-68-65-62-59-56-53-50-47-44-41-39-37-35-32-29-26-23-20-17-14-11-8-5-2/h7-8,10-11,16-17,19-20,25-30,34-37,40-41,43-44,49-50,52-53,58-59,61-62,74H,4-6,9,12-15,18,21-24,31-33,38-39,42,45-48,51,54-57,60,63-73H2,1-3H3/b10-7-,11-8-,19-16-,20-17-,28-25-,29-26-,30-27-,36-34-,37-35-,43-40-,44-41-,52-49-,53-50-,61-58-,62-59-. The predicted octanol–water partition coefficient (Wildman–Crippen LogP) is 23.2. The van der Waals surface area contributed by atoms with Crippen LogP contribution in [0.4, 0.5) is 0 Å². The third-order valence-electron chi connectivity index (χ3n) is 13.4. The van der Waals surface area contributed by atoms with E-state index >= 15 is 0 Å². The summed E-state index contributed by atoms with van der Waals surface area (Å²) in [5, 5.41) is 0. The maximum atomic E-state index is 12.9. The average molecular weight is 1140 g/mol. The lowest BCUT2D eigenvalue weighted by Gasteiger charge is -2.18. The number of allylic oxidation sites excluding steroid dienone is 30. The zero-order valence-corrected chi connectivity index (χ0v) is 53.1. The van der Waals surface area contributed by atoms with E-state index in [-0.39, 0.29) is 44.0 Å². The van der Waals surface area contributed by atoms with Gasteiger partial charge in [0.05, 0.1) is 0 Å². The minimum atomic E-state index is -0.846. The van der Waals surface area contributed by atoms with Crippen molar-refractivity contribution in [3.8, 4) is 0 Å². The summed E-state index contributed by atoms with van der Waals surface area (Å²) in [5.41, 5.74) is 0. The largest absolute Gasteiger partial charge is 0.462 e. The van der Waals surface area contributed by atoms with E-state index in [1.807, 2.05) is 0 Å². The molecule has 1 atom stereocenters. The molecule has 0 aliphatic heterocycles. The van der Waals surface area contributed by atoms with Gasteiger partial charge in [0.15, 0.2) is 6.10 Å². The molecule has 0 N–H and O–H groups in total. The summed E-state index contributed by atoms with van der Waals surface area (Å²) in [7, 11) is 0. The summed E-state index contributed by atoms with van der Waals surface area (Å²) in [6.07, 6.45) is 103. The fourth-order valence-electron chi connectivity index (χ4n) is 8.47. The van der Waals surface area contributed by atoms with E-state index in [1.54, 1.807) is 0 Å². The van der Waals surface area contributed by atoms with Gasteiger partial charge in [0, 0.05) is 19.3 Å². The lowest BCUT2D eigenvalue weighted by molar-refractivity contribution is -0.167. The summed E-state index contributed by atoms with van der Waals surface area (Å²) >= 11 is 0. The molecule has 0 radical (unpaired) electrons. The molecule has 0 saturated carbocycles. The zero-order chi connectivity index (χ0) is 59.9. The molecule has 0 heterocycles. The highest BCUT2D eigenvalue weighted by molar-refractivity contribution is 5.71. The fraction of sp³-hybridized carbons (Fsp3) is 0.571. The van der Waals surface area contributed by atoms with Crippen molar-refractivity contribution < 1.29 is 28.6 Å². The van der Waals surface area contributed by atoms with E-state index in [4.69, 9.17) is 14.2 Å². The van der Waals surface area contributed by atoms with Crippen molar-refractivity contribution in [3.05, 3.63) is 182 Å². The minimum absolute atomic E-state index is 0.129. The molecule has 0 saturated heterocycles. The van der Waals surface area contributed by atoms with Gasteiger partial charge < -0.3 is 14.2 Å². The van der Waals surface area contributed by atoms with Gasteiger partial charge in [-0.1, -0.05) is 280 Å². The number of carbonyl (C=O) groups excluding carboxylic acids is 3. The molecule has 0 rings (SSSR count). The lowest BCUT2D eigenvalue weighted by atomic mass is 10.1. The summed E-state index contributed by atoms with van der Waals surface area (Å²) in [6, 6.07) is 0. The molecule has 1 unspecified atom stereocenters. The Hall–Kier alpha value is -5.49. The summed E-state index contributed by atoms with van der Waals surface area (Å²) in [5.74, 6) is -1.06. The molecular formula is C77H120O6. The molecular weight excluding hydrogens is 1020 g/mol. The summed E-state index contributed by atoms with van der Waals surface area (Å²) < 4.78 is 16.8. The smallest absolute Gasteiger partial charge is 0.306 e. The number of rotatable bonds is 58. The Morgan fingerprint density at radius 2 is 0.482 bits per heavy atom. The molecule has 0 aromatic carbocycles. The second kappa shape index (κ2) is 69.0. The molecule has 0 amide bonds. The van der Waals surface area contributed by atoms with Crippen LogP contribution in [-0.4, -0.2) is 37.2 Å². The third kappa shape index (κ3) is 67.2. The van der Waals surface area contributed by atoms with Crippen LogP contribution in [0.1, 0.15) is 265 Å². The molecule has 6 nitrogen and oxygen atoms in total. The molecule has 6 heteroatoms. The Kier molecular flexibility index (Phi) is 64.4. The quantitative estimate of drug-likeness (QED) is 0.0261. The molecule has 0 spiro atoms. The summed E-state index contributed by atoms with van der Waals surface area (Å²) in [6.45, 7) is 6.31. The Morgan fingerprint density at radius 1 is 0.253 bits per heavy atom. The number of hydrogen-bond donors (Lipinski definition) is 0. The average Bonchev–Trinajstić information content (AvgIpc) is 3.49. The van der Waals surface area contributed by atoms with Crippen LogP contribution in [0.3, 0.4) is 0 Å². The maximum Gasteiger partial charge on any atom is 0.306 e. The molecule has 0 aliphatic rings. The van der Waals surface area contributed by atoms with Gasteiger partial charge in [-0.25, -0.2) is 0 Å². The van der Waals surface area contributed by atoms with Crippen molar-refractivity contribution in [3.63, 3.8) is 0 Å². The highest BCUT2D eigenvalue weighted by Gasteiger charge is 2.19. The molecule has 0 aliphatic carbocycles. The van der Waals surface area contributed by atoms with E-state index in [9.17, 15) is 14.4 Å². The predicted molar refractivity (Wildman–Crippen MR) is 361 cm³/mol. The topological polar surface area (TPSA) is 78.9 Å². The monoisotopic (exact) mass is 1140 g/mol. The maximum absolute atomic E-state index is 12.9. The van der Waals surface area contributed by atoms with Gasteiger partial charge in [0.2, 0.25) is 0 Å². The first kappa shape index (κ1) is 77.5. The van der Waals surface area contributed by atoms with Gasteiger partial charge in [0.25, 0.3) is 0 Å². The Bertz CT molecular complexity index is 1940. The van der Waals surface area contributed by atoms with Crippen molar-refractivity contribution in [1.82, 2.24) is 0 Å². The van der Waals surface area contributed by atoms with Crippen LogP contribution in [0.5, 0.6) is 0 Å². The van der Waals surface area contributed by atoms with Crippen LogP contribution in [0.25, 0.3) is 0 Å². The number of esters is 3. The number of ether oxygens (including phenoxy) is 3. The molecule has 0 aromatic rings. The number of hydrogen-bond acceptors (Lipinski definition) is 6. The first-order valence-corrected chi connectivity index (χ1v) is 33.3. The van der Waals surface area contributed by atoms with E-state index in [2.05, 4.69) is 203 Å². The Labute approximate surface area is 510 Å². The van der Waals surface area contributed by atoms with Crippen LogP contribution in [0.15, 0.2) is 182 Å². The van der Waals surface area contributed by atoms with E-state index in [0.29, 0.717) is 19.3 Å². The highest BCUT2D eigenvalue weighted by Crippen LogP contribution is 2.14. The highest BCUT2D eigenvalue weighted by atomic mass is 16.6. The van der Waals surface area contributed by atoms with Crippen molar-refractivity contribution in [1.29, 1.82) is 0 Å². The van der Waals surface area contributed by atoms with Gasteiger partial charge in [-0.3, -0.25) is 14.4 Å². The molecule has 464 valence electrons. The molecule has 0 fully saturated rings. The van der Waals surface area contributed by atoms with E-state index in [0.717, 1.165) is 122 Å². The number of carbonyl (C=O) groups is 3.